The lowest BCUT2D eigenvalue weighted by Crippen LogP contribution is -2.48. The fourth-order valence-corrected chi connectivity index (χ4v) is 2.66. The van der Waals surface area contributed by atoms with E-state index in [1.165, 1.54) is 0 Å². The molecule has 0 unspecified atom stereocenters. The van der Waals surface area contributed by atoms with Gasteiger partial charge in [-0.3, -0.25) is 4.79 Å². The standard InChI is InChI=1S/C18H20N4O/c1-2-6-18(23)22-13-11-21(12-14-22)17-10-9-16(19-20-17)15-7-4-3-5-8-15/h2-10H,11-14H2,1H3/b6-2+. The van der Waals surface area contributed by atoms with Gasteiger partial charge in [0.1, 0.15) is 0 Å². The van der Waals surface area contributed by atoms with Crippen LogP contribution in [0.2, 0.25) is 0 Å². The molecule has 3 rings (SSSR count). The van der Waals surface area contributed by atoms with Crippen LogP contribution in [0.15, 0.2) is 54.6 Å². The minimum atomic E-state index is 0.0812. The number of allylic oxidation sites excluding steroid dienone is 1. The van der Waals surface area contributed by atoms with Crippen LogP contribution in [0.25, 0.3) is 11.3 Å². The van der Waals surface area contributed by atoms with Crippen molar-refractivity contribution in [3.8, 4) is 11.3 Å². The minimum Gasteiger partial charge on any atom is -0.352 e. The van der Waals surface area contributed by atoms with Crippen molar-refractivity contribution in [2.24, 2.45) is 0 Å². The molecule has 5 nitrogen and oxygen atoms in total. The third-order valence-corrected chi connectivity index (χ3v) is 3.94. The summed E-state index contributed by atoms with van der Waals surface area (Å²) >= 11 is 0. The molecular formula is C18H20N4O. The number of anilines is 1. The third kappa shape index (κ3) is 3.56. The number of carbonyl (C=O) groups excluding carboxylic acids is 1. The van der Waals surface area contributed by atoms with Gasteiger partial charge in [-0.2, -0.15) is 0 Å². The molecular weight excluding hydrogens is 288 g/mol. The van der Waals surface area contributed by atoms with Crippen LogP contribution in [0, 0.1) is 0 Å². The topological polar surface area (TPSA) is 49.3 Å². The SMILES string of the molecule is C/C=C/C(=O)N1CCN(c2ccc(-c3ccccc3)nn2)CC1. The second kappa shape index (κ2) is 7.05. The van der Waals surface area contributed by atoms with E-state index in [1.54, 1.807) is 12.2 Å². The van der Waals surface area contributed by atoms with Crippen LogP contribution < -0.4 is 4.90 Å². The molecule has 1 aliphatic heterocycles. The number of piperazine rings is 1. The fourth-order valence-electron chi connectivity index (χ4n) is 2.66. The number of benzene rings is 1. The van der Waals surface area contributed by atoms with Crippen molar-refractivity contribution in [3.63, 3.8) is 0 Å². The van der Waals surface area contributed by atoms with Crippen molar-refractivity contribution in [2.45, 2.75) is 6.92 Å². The summed E-state index contributed by atoms with van der Waals surface area (Å²) < 4.78 is 0. The van der Waals surface area contributed by atoms with Crippen LogP contribution in [0.4, 0.5) is 5.82 Å². The molecule has 2 aromatic rings. The smallest absolute Gasteiger partial charge is 0.246 e. The highest BCUT2D eigenvalue weighted by atomic mass is 16.2. The van der Waals surface area contributed by atoms with Gasteiger partial charge in [-0.25, -0.2) is 0 Å². The highest BCUT2D eigenvalue weighted by Gasteiger charge is 2.20. The predicted molar refractivity (Wildman–Crippen MR) is 91.1 cm³/mol. The van der Waals surface area contributed by atoms with Gasteiger partial charge in [0, 0.05) is 31.7 Å². The maximum Gasteiger partial charge on any atom is 0.246 e. The molecule has 1 fully saturated rings. The van der Waals surface area contributed by atoms with E-state index in [0.29, 0.717) is 13.1 Å². The van der Waals surface area contributed by atoms with Gasteiger partial charge in [-0.15, -0.1) is 10.2 Å². The molecule has 0 aliphatic carbocycles. The molecule has 1 aromatic heterocycles. The number of nitrogens with zero attached hydrogens (tertiary/aromatic N) is 4. The average molecular weight is 308 g/mol. The summed E-state index contributed by atoms with van der Waals surface area (Å²) in [6, 6.07) is 14.0. The lowest BCUT2D eigenvalue weighted by atomic mass is 10.1. The number of hydrogen-bond donors (Lipinski definition) is 0. The maximum absolute atomic E-state index is 11.8. The summed E-state index contributed by atoms with van der Waals surface area (Å²) in [6.07, 6.45) is 3.40. The van der Waals surface area contributed by atoms with Gasteiger partial charge in [0.05, 0.1) is 5.69 Å². The Morgan fingerprint density at radius 1 is 1.00 bits per heavy atom. The van der Waals surface area contributed by atoms with Gasteiger partial charge < -0.3 is 9.80 Å². The quantitative estimate of drug-likeness (QED) is 0.817. The first kappa shape index (κ1) is 15.2. The molecule has 0 bridgehead atoms. The second-order valence-electron chi connectivity index (χ2n) is 5.46. The van der Waals surface area contributed by atoms with E-state index in [4.69, 9.17) is 0 Å². The summed E-state index contributed by atoms with van der Waals surface area (Å²) in [6.45, 7) is 4.85. The largest absolute Gasteiger partial charge is 0.352 e. The van der Waals surface area contributed by atoms with Crippen LogP contribution in [-0.2, 0) is 4.79 Å². The third-order valence-electron chi connectivity index (χ3n) is 3.94. The molecule has 1 saturated heterocycles. The monoisotopic (exact) mass is 308 g/mol. The maximum atomic E-state index is 11.8. The van der Waals surface area contributed by atoms with Gasteiger partial charge in [-0.05, 0) is 25.1 Å². The van der Waals surface area contributed by atoms with Gasteiger partial charge in [0.15, 0.2) is 5.82 Å². The molecule has 0 atom stereocenters. The predicted octanol–water partition coefficient (Wildman–Crippen LogP) is 2.37. The summed E-state index contributed by atoms with van der Waals surface area (Å²) in [7, 11) is 0. The molecule has 1 aliphatic rings. The van der Waals surface area contributed by atoms with Gasteiger partial charge in [0.25, 0.3) is 0 Å². The molecule has 5 heteroatoms. The van der Waals surface area contributed by atoms with Crippen molar-refractivity contribution in [3.05, 3.63) is 54.6 Å². The molecule has 0 spiro atoms. The van der Waals surface area contributed by atoms with Crippen LogP contribution in [0.5, 0.6) is 0 Å². The summed E-state index contributed by atoms with van der Waals surface area (Å²) in [5, 5.41) is 8.67. The van der Waals surface area contributed by atoms with Gasteiger partial charge >= 0.3 is 0 Å². The zero-order chi connectivity index (χ0) is 16.1. The van der Waals surface area contributed by atoms with Gasteiger partial charge in [0.2, 0.25) is 5.91 Å². The number of hydrogen-bond acceptors (Lipinski definition) is 4. The Morgan fingerprint density at radius 2 is 1.74 bits per heavy atom. The molecule has 1 amide bonds. The zero-order valence-electron chi connectivity index (χ0n) is 13.2. The molecule has 23 heavy (non-hydrogen) atoms. The summed E-state index contributed by atoms with van der Waals surface area (Å²) in [5.74, 6) is 0.945. The molecule has 0 radical (unpaired) electrons. The van der Waals surface area contributed by atoms with E-state index >= 15 is 0 Å². The molecule has 0 N–H and O–H groups in total. The summed E-state index contributed by atoms with van der Waals surface area (Å²) in [5.41, 5.74) is 1.93. The van der Waals surface area contributed by atoms with Crippen LogP contribution in [0.3, 0.4) is 0 Å². The number of carbonyl (C=O) groups is 1. The van der Waals surface area contributed by atoms with E-state index in [9.17, 15) is 4.79 Å². The molecule has 1 aromatic carbocycles. The second-order valence-corrected chi connectivity index (χ2v) is 5.46. The van der Waals surface area contributed by atoms with E-state index in [1.807, 2.05) is 54.3 Å². The lowest BCUT2D eigenvalue weighted by Gasteiger charge is -2.34. The zero-order valence-corrected chi connectivity index (χ0v) is 13.2. The Kier molecular flexibility index (Phi) is 4.66. The van der Waals surface area contributed by atoms with E-state index < -0.39 is 0 Å². The van der Waals surface area contributed by atoms with E-state index in [0.717, 1.165) is 30.2 Å². The van der Waals surface area contributed by atoms with Gasteiger partial charge in [-0.1, -0.05) is 36.4 Å². The Labute approximate surface area is 136 Å². The van der Waals surface area contributed by atoms with Crippen molar-refractivity contribution in [1.82, 2.24) is 15.1 Å². The highest BCUT2D eigenvalue weighted by molar-refractivity contribution is 5.87. The molecule has 0 saturated carbocycles. The Morgan fingerprint density at radius 3 is 2.35 bits per heavy atom. The first-order valence-electron chi connectivity index (χ1n) is 7.83. The Bertz CT molecular complexity index is 674. The Hall–Kier alpha value is -2.69. The number of rotatable bonds is 3. The summed E-state index contributed by atoms with van der Waals surface area (Å²) in [4.78, 5) is 15.9. The average Bonchev–Trinajstić information content (AvgIpc) is 2.63. The normalized spacial score (nSPS) is 15.2. The minimum absolute atomic E-state index is 0.0812. The van der Waals surface area contributed by atoms with Crippen molar-refractivity contribution < 1.29 is 4.79 Å². The molecule has 118 valence electrons. The number of amides is 1. The van der Waals surface area contributed by atoms with Crippen LogP contribution in [0.1, 0.15) is 6.92 Å². The highest BCUT2D eigenvalue weighted by Crippen LogP contribution is 2.19. The number of aromatic nitrogens is 2. The first-order valence-corrected chi connectivity index (χ1v) is 7.83. The van der Waals surface area contributed by atoms with Crippen molar-refractivity contribution in [2.75, 3.05) is 31.1 Å². The lowest BCUT2D eigenvalue weighted by molar-refractivity contribution is -0.126. The van der Waals surface area contributed by atoms with E-state index in [2.05, 4.69) is 15.1 Å². The fraction of sp³-hybridized carbons (Fsp3) is 0.278. The van der Waals surface area contributed by atoms with Crippen molar-refractivity contribution in [1.29, 1.82) is 0 Å². The Balaban J connectivity index is 1.64. The van der Waals surface area contributed by atoms with E-state index in [-0.39, 0.29) is 5.91 Å². The van der Waals surface area contributed by atoms with Crippen molar-refractivity contribution >= 4 is 11.7 Å². The van der Waals surface area contributed by atoms with Crippen LogP contribution >= 0.6 is 0 Å². The van der Waals surface area contributed by atoms with Crippen LogP contribution in [-0.4, -0.2) is 47.2 Å². The molecule has 2 heterocycles. The first-order chi connectivity index (χ1) is 11.3.